The second kappa shape index (κ2) is 12.0. The highest BCUT2D eigenvalue weighted by Gasteiger charge is 2.34. The smallest absolute Gasteiger partial charge is 0.293 e. The largest absolute Gasteiger partial charge is 0.497 e. The predicted octanol–water partition coefficient (Wildman–Crippen LogP) is 3.59. The van der Waals surface area contributed by atoms with Gasteiger partial charge >= 0.3 is 0 Å². The number of nitrogens with zero attached hydrogens (tertiary/aromatic N) is 1. The molecule has 9 nitrogen and oxygen atoms in total. The van der Waals surface area contributed by atoms with E-state index in [0.717, 1.165) is 28.0 Å². The van der Waals surface area contributed by atoms with Gasteiger partial charge in [-0.05, 0) is 59.3 Å². The van der Waals surface area contributed by atoms with Crippen molar-refractivity contribution in [3.8, 4) is 23.0 Å². The van der Waals surface area contributed by atoms with Crippen LogP contribution in [0.1, 0.15) is 11.1 Å². The summed E-state index contributed by atoms with van der Waals surface area (Å²) in [5, 5.41) is 2.27. The minimum Gasteiger partial charge on any atom is -0.497 e. The molecule has 1 aliphatic heterocycles. The van der Waals surface area contributed by atoms with Gasteiger partial charge in [-0.3, -0.25) is 19.3 Å². The summed E-state index contributed by atoms with van der Waals surface area (Å²) < 4.78 is 21.1. The zero-order valence-corrected chi connectivity index (χ0v) is 20.6. The average molecular weight is 499 g/mol. The van der Waals surface area contributed by atoms with Crippen LogP contribution in [-0.2, 0) is 9.59 Å². The molecule has 2 aromatic carbocycles. The lowest BCUT2D eigenvalue weighted by Gasteiger charge is -2.13. The van der Waals surface area contributed by atoms with E-state index in [0.29, 0.717) is 22.8 Å². The van der Waals surface area contributed by atoms with Crippen molar-refractivity contribution in [3.05, 3.63) is 58.5 Å². The van der Waals surface area contributed by atoms with Crippen molar-refractivity contribution >= 4 is 41.0 Å². The van der Waals surface area contributed by atoms with Gasteiger partial charge in [-0.15, -0.1) is 0 Å². The highest BCUT2D eigenvalue weighted by molar-refractivity contribution is 8.18. The molecule has 35 heavy (non-hydrogen) atoms. The molecule has 1 saturated heterocycles. The number of rotatable bonds is 10. The Morgan fingerprint density at radius 2 is 1.60 bits per heavy atom. The van der Waals surface area contributed by atoms with Crippen LogP contribution in [0.5, 0.6) is 23.0 Å². The van der Waals surface area contributed by atoms with Gasteiger partial charge in [-0.2, -0.15) is 0 Å². The van der Waals surface area contributed by atoms with Gasteiger partial charge in [0.2, 0.25) is 11.7 Å². The SMILES string of the molecule is COc1ccc(/C=C\C(=O)NCCN2C(=O)S/C(=C/c3cc(OC)c(OC)c(OC)c3)C2=O)cc1. The van der Waals surface area contributed by atoms with Crippen LogP contribution in [0.25, 0.3) is 12.2 Å². The topological polar surface area (TPSA) is 103 Å². The molecule has 0 aliphatic carbocycles. The Bertz CT molecular complexity index is 1130. The van der Waals surface area contributed by atoms with Gasteiger partial charge in [0, 0.05) is 19.2 Å². The number of thioether (sulfide) groups is 1. The van der Waals surface area contributed by atoms with Gasteiger partial charge in [0.25, 0.3) is 11.1 Å². The van der Waals surface area contributed by atoms with Crippen molar-refractivity contribution in [3.63, 3.8) is 0 Å². The number of carbonyl (C=O) groups is 3. The zero-order valence-electron chi connectivity index (χ0n) is 19.8. The summed E-state index contributed by atoms with van der Waals surface area (Å²) in [7, 11) is 6.07. The third kappa shape index (κ3) is 6.36. The number of nitrogens with one attached hydrogen (secondary N) is 1. The maximum absolute atomic E-state index is 12.8. The van der Waals surface area contributed by atoms with Gasteiger partial charge in [-0.25, -0.2) is 0 Å². The van der Waals surface area contributed by atoms with Crippen molar-refractivity contribution in [2.75, 3.05) is 41.5 Å². The molecule has 3 rings (SSSR count). The van der Waals surface area contributed by atoms with E-state index in [2.05, 4.69) is 5.32 Å². The standard InChI is InChI=1S/C25H26N2O7S/c1-31-18-8-5-16(6-9-18)7-10-22(28)26-11-12-27-24(29)21(35-25(27)30)15-17-13-19(32-2)23(34-4)20(14-17)33-3/h5-10,13-15H,11-12H2,1-4H3,(H,26,28)/b10-7-,21-15+. The van der Waals surface area contributed by atoms with E-state index in [-0.39, 0.29) is 23.9 Å². The Morgan fingerprint density at radius 3 is 2.17 bits per heavy atom. The van der Waals surface area contributed by atoms with Crippen molar-refractivity contribution < 1.29 is 33.3 Å². The molecule has 1 heterocycles. The lowest BCUT2D eigenvalue weighted by molar-refractivity contribution is -0.123. The molecular weight excluding hydrogens is 472 g/mol. The first-order chi connectivity index (χ1) is 16.9. The lowest BCUT2D eigenvalue weighted by Crippen LogP contribution is -2.36. The van der Waals surface area contributed by atoms with Gasteiger partial charge in [0.15, 0.2) is 11.5 Å². The first-order valence-corrected chi connectivity index (χ1v) is 11.4. The van der Waals surface area contributed by atoms with Crippen LogP contribution in [0, 0.1) is 0 Å². The molecular formula is C25H26N2O7S. The zero-order chi connectivity index (χ0) is 25.4. The number of benzene rings is 2. The molecule has 0 bridgehead atoms. The van der Waals surface area contributed by atoms with Crippen LogP contribution >= 0.6 is 11.8 Å². The maximum atomic E-state index is 12.8. The van der Waals surface area contributed by atoms with Crippen molar-refractivity contribution in [2.24, 2.45) is 0 Å². The lowest BCUT2D eigenvalue weighted by atomic mass is 10.1. The van der Waals surface area contributed by atoms with Gasteiger partial charge in [0.05, 0.1) is 33.3 Å². The van der Waals surface area contributed by atoms with Gasteiger partial charge in [0.1, 0.15) is 5.75 Å². The van der Waals surface area contributed by atoms with E-state index in [1.54, 1.807) is 43.5 Å². The molecule has 0 aromatic heterocycles. The molecule has 3 amide bonds. The van der Waals surface area contributed by atoms with Crippen molar-refractivity contribution in [2.45, 2.75) is 0 Å². The second-order valence-electron chi connectivity index (χ2n) is 7.19. The molecule has 0 spiro atoms. The van der Waals surface area contributed by atoms with Crippen molar-refractivity contribution in [1.29, 1.82) is 0 Å². The van der Waals surface area contributed by atoms with Crippen LogP contribution in [0.15, 0.2) is 47.4 Å². The summed E-state index contributed by atoms with van der Waals surface area (Å²) in [5.41, 5.74) is 1.45. The number of methoxy groups -OCH3 is 4. The summed E-state index contributed by atoms with van der Waals surface area (Å²) >= 11 is 0.832. The molecule has 1 fully saturated rings. The average Bonchev–Trinajstić information content (AvgIpc) is 3.14. The highest BCUT2D eigenvalue weighted by atomic mass is 32.2. The fraction of sp³-hybridized carbons (Fsp3) is 0.240. The molecule has 1 N–H and O–H groups in total. The third-order valence-corrected chi connectivity index (χ3v) is 5.94. The normalized spacial score (nSPS) is 14.5. The van der Waals surface area contributed by atoms with E-state index < -0.39 is 11.1 Å². The molecule has 0 atom stereocenters. The predicted molar refractivity (Wildman–Crippen MR) is 134 cm³/mol. The van der Waals surface area contributed by atoms with Crippen LogP contribution in [-0.4, -0.2) is 63.5 Å². The molecule has 0 saturated carbocycles. The van der Waals surface area contributed by atoms with E-state index in [1.165, 1.54) is 27.4 Å². The first-order valence-electron chi connectivity index (χ1n) is 10.6. The Balaban J connectivity index is 1.60. The van der Waals surface area contributed by atoms with E-state index in [9.17, 15) is 14.4 Å². The van der Waals surface area contributed by atoms with Crippen LogP contribution < -0.4 is 24.3 Å². The molecule has 2 aromatic rings. The summed E-state index contributed by atoms with van der Waals surface area (Å²) in [5.74, 6) is 1.25. The molecule has 1 aliphatic rings. The molecule has 10 heteroatoms. The van der Waals surface area contributed by atoms with Crippen molar-refractivity contribution in [1.82, 2.24) is 10.2 Å². The minimum atomic E-state index is -0.434. The quantitative estimate of drug-likeness (QED) is 0.496. The number of amides is 3. The molecule has 0 unspecified atom stereocenters. The van der Waals surface area contributed by atoms with Gasteiger partial charge < -0.3 is 24.3 Å². The Morgan fingerprint density at radius 1 is 0.943 bits per heavy atom. The fourth-order valence-electron chi connectivity index (χ4n) is 3.27. The first kappa shape index (κ1) is 25.7. The van der Waals surface area contributed by atoms with Crippen LogP contribution in [0.2, 0.25) is 0 Å². The molecule has 0 radical (unpaired) electrons. The van der Waals surface area contributed by atoms with E-state index in [4.69, 9.17) is 18.9 Å². The number of hydrogen-bond donors (Lipinski definition) is 1. The van der Waals surface area contributed by atoms with E-state index in [1.807, 2.05) is 12.1 Å². The molecule has 184 valence electrons. The van der Waals surface area contributed by atoms with E-state index >= 15 is 0 Å². The summed E-state index contributed by atoms with van der Waals surface area (Å²) in [4.78, 5) is 38.6. The Labute approximate surface area is 207 Å². The van der Waals surface area contributed by atoms with Crippen LogP contribution in [0.3, 0.4) is 0 Å². The summed E-state index contributed by atoms with van der Waals surface area (Å²) in [6.45, 7) is 0.181. The van der Waals surface area contributed by atoms with Gasteiger partial charge in [-0.1, -0.05) is 12.1 Å². The Kier molecular flexibility index (Phi) is 8.80. The fourth-order valence-corrected chi connectivity index (χ4v) is 4.13. The highest BCUT2D eigenvalue weighted by Crippen LogP contribution is 2.40. The Hall–Kier alpha value is -3.92. The number of ether oxygens (including phenoxy) is 4. The third-order valence-electron chi connectivity index (χ3n) is 5.04. The number of hydrogen-bond acceptors (Lipinski definition) is 8. The monoisotopic (exact) mass is 498 g/mol. The maximum Gasteiger partial charge on any atom is 0.293 e. The summed E-state index contributed by atoms with van der Waals surface area (Å²) in [6.07, 6.45) is 4.64. The van der Waals surface area contributed by atoms with Crippen LogP contribution in [0.4, 0.5) is 4.79 Å². The second-order valence-corrected chi connectivity index (χ2v) is 8.18. The number of imide groups is 1. The minimum absolute atomic E-state index is 0.0549. The summed E-state index contributed by atoms with van der Waals surface area (Å²) in [6, 6.07) is 10.6. The number of carbonyl (C=O) groups excluding carboxylic acids is 3.